The summed E-state index contributed by atoms with van der Waals surface area (Å²) < 4.78 is 5.83. The minimum atomic E-state index is -0.132. The van der Waals surface area contributed by atoms with Gasteiger partial charge in [0, 0.05) is 25.8 Å². The third-order valence-electron chi connectivity index (χ3n) is 2.98. The highest BCUT2D eigenvalue weighted by atomic mass is 16.5. The van der Waals surface area contributed by atoms with Gasteiger partial charge in [-0.15, -0.1) is 0 Å². The summed E-state index contributed by atoms with van der Waals surface area (Å²) in [5, 5.41) is 2.77. The fourth-order valence-corrected chi connectivity index (χ4v) is 2.06. The van der Waals surface area contributed by atoms with Gasteiger partial charge >= 0.3 is 0 Å². The van der Waals surface area contributed by atoms with E-state index in [1.54, 1.807) is 18.3 Å². The molecule has 0 radical (unpaired) electrons. The van der Waals surface area contributed by atoms with Gasteiger partial charge in [0.15, 0.2) is 0 Å². The topological polar surface area (TPSA) is 54.5 Å². The zero-order valence-electron chi connectivity index (χ0n) is 10.8. The first-order valence-electron chi connectivity index (χ1n) is 6.29. The molecule has 0 aliphatic carbocycles. The van der Waals surface area contributed by atoms with Crippen molar-refractivity contribution in [2.75, 3.05) is 26.7 Å². The number of carbonyl (C=O) groups excluding carboxylic acids is 1. The smallest absolute Gasteiger partial charge is 0.256 e. The van der Waals surface area contributed by atoms with E-state index in [9.17, 15) is 4.79 Å². The van der Waals surface area contributed by atoms with Crippen molar-refractivity contribution in [3.63, 3.8) is 0 Å². The number of likely N-dealkylation sites (tertiary alicyclic amines) is 1. The van der Waals surface area contributed by atoms with Crippen molar-refractivity contribution in [1.82, 2.24) is 15.2 Å². The van der Waals surface area contributed by atoms with Gasteiger partial charge in [-0.2, -0.15) is 0 Å². The molecule has 1 unspecified atom stereocenters. The zero-order valence-corrected chi connectivity index (χ0v) is 10.8. The molecule has 98 valence electrons. The van der Waals surface area contributed by atoms with E-state index < -0.39 is 0 Å². The van der Waals surface area contributed by atoms with Crippen molar-refractivity contribution < 1.29 is 9.53 Å². The number of hydrogen-bond acceptors (Lipinski definition) is 4. The lowest BCUT2D eigenvalue weighted by Crippen LogP contribution is -2.26. The molecule has 18 heavy (non-hydrogen) atoms. The van der Waals surface area contributed by atoms with Crippen LogP contribution in [-0.4, -0.2) is 48.6 Å². The van der Waals surface area contributed by atoms with Crippen LogP contribution >= 0.6 is 0 Å². The van der Waals surface area contributed by atoms with Crippen molar-refractivity contribution in [2.24, 2.45) is 0 Å². The van der Waals surface area contributed by atoms with E-state index in [0.29, 0.717) is 18.0 Å². The molecule has 0 bridgehead atoms. The number of nitrogens with one attached hydrogen (secondary N) is 1. The second kappa shape index (κ2) is 5.82. The molecule has 0 aromatic carbocycles. The Hall–Kier alpha value is -1.62. The number of amides is 1. The van der Waals surface area contributed by atoms with Gasteiger partial charge in [-0.05, 0) is 32.5 Å². The Morgan fingerprint density at radius 3 is 3.17 bits per heavy atom. The molecule has 1 aromatic heterocycles. The number of pyridine rings is 1. The molecule has 1 saturated heterocycles. The monoisotopic (exact) mass is 249 g/mol. The Morgan fingerprint density at radius 1 is 1.67 bits per heavy atom. The summed E-state index contributed by atoms with van der Waals surface area (Å²) in [6.07, 6.45) is 2.75. The van der Waals surface area contributed by atoms with Crippen molar-refractivity contribution >= 4 is 5.91 Å². The minimum absolute atomic E-state index is 0.123. The van der Waals surface area contributed by atoms with Crippen LogP contribution in [0.3, 0.4) is 0 Å². The first-order valence-corrected chi connectivity index (χ1v) is 6.29. The second-order valence-electron chi connectivity index (χ2n) is 4.51. The first kappa shape index (κ1) is 12.8. The number of carbonyl (C=O) groups is 1. The van der Waals surface area contributed by atoms with Crippen molar-refractivity contribution in [1.29, 1.82) is 0 Å². The molecule has 0 saturated carbocycles. The molecule has 1 fully saturated rings. The number of aromatic nitrogens is 1. The van der Waals surface area contributed by atoms with Gasteiger partial charge in [0.1, 0.15) is 11.7 Å². The summed E-state index contributed by atoms with van der Waals surface area (Å²) in [7, 11) is 2.06. The Morgan fingerprint density at radius 2 is 2.50 bits per heavy atom. The number of hydrogen-bond donors (Lipinski definition) is 1. The maximum Gasteiger partial charge on any atom is 0.256 e. The average Bonchev–Trinajstić information content (AvgIpc) is 2.76. The van der Waals surface area contributed by atoms with Crippen LogP contribution in [0.1, 0.15) is 23.7 Å². The van der Waals surface area contributed by atoms with Crippen LogP contribution in [0, 0.1) is 0 Å². The number of rotatable bonds is 4. The summed E-state index contributed by atoms with van der Waals surface area (Å²) in [5.74, 6) is 0.302. The third kappa shape index (κ3) is 2.98. The number of nitrogens with zero attached hydrogens (tertiary/aromatic N) is 2. The highest BCUT2D eigenvalue weighted by molar-refractivity contribution is 5.96. The zero-order chi connectivity index (χ0) is 13.0. The molecular formula is C13H19N3O2. The van der Waals surface area contributed by atoms with Crippen LogP contribution in [-0.2, 0) is 0 Å². The van der Waals surface area contributed by atoms with Gasteiger partial charge < -0.3 is 15.0 Å². The van der Waals surface area contributed by atoms with E-state index in [2.05, 4.69) is 22.2 Å². The van der Waals surface area contributed by atoms with Gasteiger partial charge in [-0.1, -0.05) is 0 Å². The Labute approximate surface area is 107 Å². The number of ether oxygens (including phenoxy) is 1. The highest BCUT2D eigenvalue weighted by Gasteiger charge is 2.23. The fraction of sp³-hybridized carbons (Fsp3) is 0.538. The first-order chi connectivity index (χ1) is 8.70. The molecule has 1 N–H and O–H groups in total. The van der Waals surface area contributed by atoms with Crippen LogP contribution in [0.4, 0.5) is 0 Å². The van der Waals surface area contributed by atoms with Crippen LogP contribution in [0.5, 0.6) is 5.88 Å². The highest BCUT2D eigenvalue weighted by Crippen LogP contribution is 2.19. The SMILES string of the molecule is CCNC(=O)c1cccnc1OC1CCN(C)C1. The normalized spacial score (nSPS) is 19.8. The van der Waals surface area contributed by atoms with Crippen LogP contribution in [0.15, 0.2) is 18.3 Å². The maximum absolute atomic E-state index is 11.9. The van der Waals surface area contributed by atoms with E-state index in [1.165, 1.54) is 0 Å². The van der Waals surface area contributed by atoms with E-state index in [1.807, 2.05) is 6.92 Å². The fourth-order valence-electron chi connectivity index (χ4n) is 2.06. The minimum Gasteiger partial charge on any atom is -0.472 e. The van der Waals surface area contributed by atoms with Crippen molar-refractivity contribution in [3.8, 4) is 5.88 Å². The molecule has 5 nitrogen and oxygen atoms in total. The number of likely N-dealkylation sites (N-methyl/N-ethyl adjacent to an activating group) is 1. The van der Waals surface area contributed by atoms with Crippen molar-refractivity contribution in [3.05, 3.63) is 23.9 Å². The molecule has 2 rings (SSSR count). The predicted molar refractivity (Wildman–Crippen MR) is 68.8 cm³/mol. The molecule has 1 amide bonds. The van der Waals surface area contributed by atoms with Gasteiger partial charge in [0.25, 0.3) is 5.91 Å². The van der Waals surface area contributed by atoms with E-state index in [0.717, 1.165) is 19.5 Å². The van der Waals surface area contributed by atoms with Gasteiger partial charge in [0.05, 0.1) is 0 Å². The van der Waals surface area contributed by atoms with Gasteiger partial charge in [-0.3, -0.25) is 4.79 Å². The molecule has 2 heterocycles. The molecule has 1 atom stereocenters. The van der Waals surface area contributed by atoms with Gasteiger partial charge in [0.2, 0.25) is 5.88 Å². The van der Waals surface area contributed by atoms with E-state index in [-0.39, 0.29) is 12.0 Å². The van der Waals surface area contributed by atoms with Crippen LogP contribution in [0.25, 0.3) is 0 Å². The maximum atomic E-state index is 11.9. The molecule has 1 aliphatic rings. The summed E-state index contributed by atoms with van der Waals surface area (Å²) in [4.78, 5) is 18.2. The Balaban J connectivity index is 2.10. The summed E-state index contributed by atoms with van der Waals surface area (Å²) in [6, 6.07) is 3.49. The standard InChI is InChI=1S/C13H19N3O2/c1-3-14-12(17)11-5-4-7-15-13(11)18-10-6-8-16(2)9-10/h4-5,7,10H,3,6,8-9H2,1-2H3,(H,14,17). The average molecular weight is 249 g/mol. The predicted octanol–water partition coefficient (Wildman–Crippen LogP) is 0.914. The quantitative estimate of drug-likeness (QED) is 0.862. The molecule has 5 heteroatoms. The largest absolute Gasteiger partial charge is 0.472 e. The molecule has 1 aromatic rings. The lowest BCUT2D eigenvalue weighted by Gasteiger charge is -2.15. The van der Waals surface area contributed by atoms with Crippen LogP contribution < -0.4 is 10.1 Å². The third-order valence-corrected chi connectivity index (χ3v) is 2.98. The van der Waals surface area contributed by atoms with Crippen LogP contribution in [0.2, 0.25) is 0 Å². The molecule has 0 spiro atoms. The Kier molecular flexibility index (Phi) is 4.15. The summed E-state index contributed by atoms with van der Waals surface area (Å²) in [6.45, 7) is 4.39. The summed E-state index contributed by atoms with van der Waals surface area (Å²) >= 11 is 0. The van der Waals surface area contributed by atoms with Gasteiger partial charge in [-0.25, -0.2) is 4.98 Å². The molecular weight excluding hydrogens is 230 g/mol. The lowest BCUT2D eigenvalue weighted by atomic mass is 10.2. The van der Waals surface area contributed by atoms with E-state index >= 15 is 0 Å². The summed E-state index contributed by atoms with van der Waals surface area (Å²) in [5.41, 5.74) is 0.508. The Bertz CT molecular complexity index is 422. The van der Waals surface area contributed by atoms with Crippen molar-refractivity contribution in [2.45, 2.75) is 19.4 Å². The molecule has 1 aliphatic heterocycles. The van der Waals surface area contributed by atoms with E-state index in [4.69, 9.17) is 4.74 Å². The lowest BCUT2D eigenvalue weighted by molar-refractivity contribution is 0.0947. The second-order valence-corrected chi connectivity index (χ2v) is 4.51.